The second-order valence-electron chi connectivity index (χ2n) is 5.50. The van der Waals surface area contributed by atoms with E-state index in [9.17, 15) is 4.79 Å². The van der Waals surface area contributed by atoms with Crippen LogP contribution < -0.4 is 5.32 Å². The zero-order valence-corrected chi connectivity index (χ0v) is 12.6. The maximum Gasteiger partial charge on any atom is 0.231 e. The van der Waals surface area contributed by atoms with Crippen molar-refractivity contribution in [2.24, 2.45) is 13.0 Å². The minimum absolute atomic E-state index is 0.0986. The number of anilines is 1. The molecule has 1 fully saturated rings. The molecule has 1 N–H and O–H groups in total. The lowest BCUT2D eigenvalue weighted by atomic mass is 10.00. The van der Waals surface area contributed by atoms with Gasteiger partial charge in [-0.3, -0.25) is 4.79 Å². The fourth-order valence-electron chi connectivity index (χ4n) is 2.91. The third-order valence-corrected chi connectivity index (χ3v) is 4.08. The molecular formula is C15H16N6O2. The van der Waals surface area contributed by atoms with Gasteiger partial charge in [0.1, 0.15) is 17.7 Å². The highest BCUT2D eigenvalue weighted by molar-refractivity contribution is 5.92. The largest absolute Gasteiger partial charge is 0.369 e. The molecule has 23 heavy (non-hydrogen) atoms. The molecule has 8 nitrogen and oxygen atoms in total. The summed E-state index contributed by atoms with van der Waals surface area (Å²) in [7, 11) is 1.90. The first-order valence-electron chi connectivity index (χ1n) is 7.42. The summed E-state index contributed by atoms with van der Waals surface area (Å²) in [4.78, 5) is 21.2. The minimum atomic E-state index is -0.329. The molecule has 4 rings (SSSR count). The fourth-order valence-corrected chi connectivity index (χ4v) is 2.91. The summed E-state index contributed by atoms with van der Waals surface area (Å²) in [5.74, 6) is 0.977. The summed E-state index contributed by atoms with van der Waals surface area (Å²) in [6.07, 6.45) is 7.19. The van der Waals surface area contributed by atoms with E-state index < -0.39 is 0 Å². The van der Waals surface area contributed by atoms with Crippen molar-refractivity contribution in [3.63, 3.8) is 0 Å². The maximum absolute atomic E-state index is 12.7. The van der Waals surface area contributed by atoms with Crippen LogP contribution in [0.1, 0.15) is 18.3 Å². The number of amides is 1. The van der Waals surface area contributed by atoms with Crippen LogP contribution in [0.2, 0.25) is 0 Å². The second-order valence-corrected chi connectivity index (χ2v) is 5.50. The lowest BCUT2D eigenvalue weighted by Crippen LogP contribution is -2.27. The molecule has 0 bridgehead atoms. The molecule has 0 aromatic carbocycles. The Morgan fingerprint density at radius 1 is 1.30 bits per heavy atom. The van der Waals surface area contributed by atoms with Crippen LogP contribution in [0.5, 0.6) is 0 Å². The lowest BCUT2D eigenvalue weighted by Gasteiger charge is -2.18. The number of carbonyl (C=O) groups is 1. The molecule has 1 saturated heterocycles. The fraction of sp³-hybridized carbons (Fsp3) is 0.333. The number of aryl methyl sites for hydroxylation is 1. The van der Waals surface area contributed by atoms with Crippen LogP contribution >= 0.6 is 0 Å². The molecule has 0 aliphatic carbocycles. The molecule has 8 heteroatoms. The number of ether oxygens (including phenoxy) is 1. The van der Waals surface area contributed by atoms with E-state index in [0.29, 0.717) is 24.5 Å². The van der Waals surface area contributed by atoms with Gasteiger partial charge in [-0.2, -0.15) is 9.61 Å². The topological polar surface area (TPSA) is 86.3 Å². The predicted molar refractivity (Wildman–Crippen MR) is 81.6 cm³/mol. The van der Waals surface area contributed by atoms with Crippen molar-refractivity contribution in [1.82, 2.24) is 24.1 Å². The third-order valence-electron chi connectivity index (χ3n) is 4.08. The Morgan fingerprint density at radius 3 is 3.04 bits per heavy atom. The average Bonchev–Trinajstić information content (AvgIpc) is 3.26. The Labute approximate surface area is 132 Å². The van der Waals surface area contributed by atoms with Crippen molar-refractivity contribution in [1.29, 1.82) is 0 Å². The Bertz CT molecular complexity index is 854. The third kappa shape index (κ3) is 2.36. The second kappa shape index (κ2) is 5.47. The van der Waals surface area contributed by atoms with E-state index in [-0.39, 0.29) is 17.9 Å². The van der Waals surface area contributed by atoms with Gasteiger partial charge in [0, 0.05) is 38.3 Å². The van der Waals surface area contributed by atoms with Crippen LogP contribution in [-0.4, -0.2) is 36.7 Å². The first-order chi connectivity index (χ1) is 11.2. The first-order valence-corrected chi connectivity index (χ1v) is 7.42. The number of aromatic nitrogens is 5. The summed E-state index contributed by atoms with van der Waals surface area (Å²) >= 11 is 0. The summed E-state index contributed by atoms with van der Waals surface area (Å²) < 4.78 is 9.23. The van der Waals surface area contributed by atoms with Crippen LogP contribution in [0.3, 0.4) is 0 Å². The van der Waals surface area contributed by atoms with Gasteiger partial charge in [-0.25, -0.2) is 9.97 Å². The number of hydrogen-bond acceptors (Lipinski definition) is 5. The summed E-state index contributed by atoms with van der Waals surface area (Å²) in [5.41, 5.74) is 0.686. The van der Waals surface area contributed by atoms with E-state index in [1.54, 1.807) is 35.2 Å². The molecule has 1 aliphatic heterocycles. The highest BCUT2D eigenvalue weighted by Gasteiger charge is 2.37. The van der Waals surface area contributed by atoms with Gasteiger partial charge in [-0.05, 0) is 12.5 Å². The smallest absolute Gasteiger partial charge is 0.231 e. The van der Waals surface area contributed by atoms with E-state index in [1.165, 1.54) is 0 Å². The van der Waals surface area contributed by atoms with Crippen molar-refractivity contribution < 1.29 is 9.53 Å². The molecule has 3 aromatic heterocycles. The Kier molecular flexibility index (Phi) is 3.30. The molecule has 0 saturated carbocycles. The quantitative estimate of drug-likeness (QED) is 0.785. The van der Waals surface area contributed by atoms with Gasteiger partial charge in [-0.15, -0.1) is 0 Å². The van der Waals surface area contributed by atoms with Crippen LogP contribution in [-0.2, 0) is 16.6 Å². The Hall–Kier alpha value is -2.74. The maximum atomic E-state index is 12.7. The van der Waals surface area contributed by atoms with Crippen LogP contribution in [0.25, 0.3) is 5.65 Å². The first kappa shape index (κ1) is 13.9. The standard InChI is InChI=1S/C15H16N6O2/c1-20-8-7-17-14(20)13-10(4-9-23-13)15(22)19-12-2-5-16-11-3-6-18-21(11)12/h2-3,5-8,10,13H,4,9H2,1H3,(H,19,22)/t10-,13-/m1/s1. The number of carbonyl (C=O) groups excluding carboxylic acids is 1. The van der Waals surface area contributed by atoms with E-state index in [4.69, 9.17) is 4.74 Å². The number of fused-ring (bicyclic) bond motifs is 1. The predicted octanol–water partition coefficient (Wildman–Crippen LogP) is 1.18. The SMILES string of the molecule is Cn1ccnc1[C@@H]1OCC[C@H]1C(=O)Nc1ccnc2ccnn12. The number of hydrogen-bond donors (Lipinski definition) is 1. The number of nitrogens with one attached hydrogen (secondary N) is 1. The molecule has 0 radical (unpaired) electrons. The van der Waals surface area contributed by atoms with E-state index in [2.05, 4.69) is 20.4 Å². The average molecular weight is 312 g/mol. The van der Waals surface area contributed by atoms with Gasteiger partial charge < -0.3 is 14.6 Å². The monoisotopic (exact) mass is 312 g/mol. The van der Waals surface area contributed by atoms with Crippen molar-refractivity contribution in [3.05, 3.63) is 42.7 Å². The number of nitrogens with zero attached hydrogens (tertiary/aromatic N) is 5. The van der Waals surface area contributed by atoms with Gasteiger partial charge in [-0.1, -0.05) is 0 Å². The van der Waals surface area contributed by atoms with E-state index >= 15 is 0 Å². The Morgan fingerprint density at radius 2 is 2.22 bits per heavy atom. The molecule has 3 aromatic rings. The van der Waals surface area contributed by atoms with Gasteiger partial charge in [0.05, 0.1) is 12.1 Å². The molecule has 4 heterocycles. The van der Waals surface area contributed by atoms with Crippen molar-refractivity contribution in [2.45, 2.75) is 12.5 Å². The molecule has 0 spiro atoms. The van der Waals surface area contributed by atoms with Crippen molar-refractivity contribution in [3.8, 4) is 0 Å². The van der Waals surface area contributed by atoms with Gasteiger partial charge in [0.15, 0.2) is 5.65 Å². The zero-order valence-electron chi connectivity index (χ0n) is 12.6. The van der Waals surface area contributed by atoms with Crippen molar-refractivity contribution >= 4 is 17.4 Å². The Balaban J connectivity index is 1.59. The van der Waals surface area contributed by atoms with Crippen LogP contribution in [0, 0.1) is 5.92 Å². The van der Waals surface area contributed by atoms with Crippen LogP contribution in [0.15, 0.2) is 36.9 Å². The highest BCUT2D eigenvalue weighted by atomic mass is 16.5. The minimum Gasteiger partial charge on any atom is -0.369 e. The molecule has 1 amide bonds. The van der Waals surface area contributed by atoms with Gasteiger partial charge >= 0.3 is 0 Å². The van der Waals surface area contributed by atoms with Gasteiger partial charge in [0.25, 0.3) is 0 Å². The zero-order chi connectivity index (χ0) is 15.8. The molecule has 0 unspecified atom stereocenters. The van der Waals surface area contributed by atoms with E-state index in [0.717, 1.165) is 5.82 Å². The molecule has 1 aliphatic rings. The normalized spacial score (nSPS) is 20.9. The number of imidazole rings is 1. The molecular weight excluding hydrogens is 296 g/mol. The lowest BCUT2D eigenvalue weighted by molar-refractivity contribution is -0.121. The van der Waals surface area contributed by atoms with E-state index in [1.807, 2.05) is 17.8 Å². The van der Waals surface area contributed by atoms with Crippen molar-refractivity contribution in [2.75, 3.05) is 11.9 Å². The summed E-state index contributed by atoms with van der Waals surface area (Å²) in [6.45, 7) is 0.545. The highest BCUT2D eigenvalue weighted by Crippen LogP contribution is 2.34. The van der Waals surface area contributed by atoms with Crippen LogP contribution in [0.4, 0.5) is 5.82 Å². The van der Waals surface area contributed by atoms with Gasteiger partial charge in [0.2, 0.25) is 5.91 Å². The summed E-state index contributed by atoms with van der Waals surface area (Å²) in [5, 5.41) is 7.10. The number of rotatable bonds is 3. The molecule has 118 valence electrons. The molecule has 2 atom stereocenters. The summed E-state index contributed by atoms with van der Waals surface area (Å²) in [6, 6.07) is 3.51.